The Hall–Kier alpha value is -1.94. The van der Waals surface area contributed by atoms with Gasteiger partial charge in [0.15, 0.2) is 12.2 Å². The van der Waals surface area contributed by atoms with E-state index in [0.29, 0.717) is 37.5 Å². The highest BCUT2D eigenvalue weighted by molar-refractivity contribution is 7.47. The summed E-state index contributed by atoms with van der Waals surface area (Å²) in [5.41, 5.74) is 0. The van der Waals surface area contributed by atoms with Crippen molar-refractivity contribution < 1.29 is 80.2 Å². The van der Waals surface area contributed by atoms with Crippen molar-refractivity contribution in [1.29, 1.82) is 0 Å². The van der Waals surface area contributed by atoms with Crippen LogP contribution in [0, 0.1) is 17.8 Å². The third-order valence-electron chi connectivity index (χ3n) is 16.5. The van der Waals surface area contributed by atoms with E-state index in [0.717, 1.165) is 102 Å². The molecular weight excluding hydrogens is 1170 g/mol. The lowest BCUT2D eigenvalue weighted by atomic mass is 9.99. The molecule has 0 bridgehead atoms. The minimum atomic E-state index is -4.95. The molecule has 0 aliphatic carbocycles. The number of phosphoric ester groups is 2. The summed E-state index contributed by atoms with van der Waals surface area (Å²) >= 11 is 0. The number of hydrogen-bond donors (Lipinski definition) is 3. The van der Waals surface area contributed by atoms with Gasteiger partial charge in [0, 0.05) is 25.7 Å². The topological polar surface area (TPSA) is 237 Å². The Bertz CT molecular complexity index is 1750. The van der Waals surface area contributed by atoms with Crippen LogP contribution in [-0.4, -0.2) is 96.7 Å². The lowest BCUT2D eigenvalue weighted by molar-refractivity contribution is -0.161. The van der Waals surface area contributed by atoms with E-state index >= 15 is 0 Å². The summed E-state index contributed by atoms with van der Waals surface area (Å²) in [7, 11) is -9.90. The summed E-state index contributed by atoms with van der Waals surface area (Å²) in [5, 5.41) is 10.6. The Labute approximate surface area is 543 Å². The molecule has 17 nitrogen and oxygen atoms in total. The fourth-order valence-electron chi connectivity index (χ4n) is 10.5. The van der Waals surface area contributed by atoms with Crippen molar-refractivity contribution in [2.24, 2.45) is 17.8 Å². The maximum atomic E-state index is 13.0. The number of hydrogen-bond acceptors (Lipinski definition) is 15. The van der Waals surface area contributed by atoms with Crippen LogP contribution in [0.2, 0.25) is 0 Å². The van der Waals surface area contributed by atoms with Gasteiger partial charge in [0.1, 0.15) is 19.3 Å². The summed E-state index contributed by atoms with van der Waals surface area (Å²) < 4.78 is 68.2. The monoisotopic (exact) mass is 1310 g/mol. The molecule has 0 aromatic rings. The van der Waals surface area contributed by atoms with E-state index < -0.39 is 97.5 Å². The van der Waals surface area contributed by atoms with Gasteiger partial charge < -0.3 is 33.8 Å². The average molecular weight is 1310 g/mol. The van der Waals surface area contributed by atoms with Gasteiger partial charge in [0.05, 0.1) is 26.4 Å². The van der Waals surface area contributed by atoms with Gasteiger partial charge in [-0.2, -0.15) is 0 Å². The van der Waals surface area contributed by atoms with Crippen molar-refractivity contribution in [3.63, 3.8) is 0 Å². The van der Waals surface area contributed by atoms with Gasteiger partial charge in [-0.15, -0.1) is 0 Å². The zero-order valence-corrected chi connectivity index (χ0v) is 59.7. The molecule has 0 aliphatic rings. The van der Waals surface area contributed by atoms with Crippen LogP contribution in [0.3, 0.4) is 0 Å². The Morgan fingerprint density at radius 2 is 0.573 bits per heavy atom. The third-order valence-corrected chi connectivity index (χ3v) is 18.4. The Balaban J connectivity index is 5.21. The fourth-order valence-corrected chi connectivity index (χ4v) is 12.1. The van der Waals surface area contributed by atoms with Crippen LogP contribution in [0.4, 0.5) is 0 Å². The van der Waals surface area contributed by atoms with Crippen LogP contribution >= 0.6 is 15.6 Å². The number of rotatable bonds is 68. The van der Waals surface area contributed by atoms with Crippen molar-refractivity contribution in [1.82, 2.24) is 0 Å². The zero-order valence-electron chi connectivity index (χ0n) is 57.9. The molecule has 0 heterocycles. The van der Waals surface area contributed by atoms with Crippen molar-refractivity contribution in [2.45, 2.75) is 369 Å². The molecule has 0 radical (unpaired) electrons. The summed E-state index contributed by atoms with van der Waals surface area (Å²) in [5.74, 6) is 0.118. The highest BCUT2D eigenvalue weighted by Crippen LogP contribution is 2.45. The number of carbonyl (C=O) groups excluding carboxylic acids is 4. The quantitative estimate of drug-likeness (QED) is 0.0222. The normalized spacial score (nSPS) is 14.5. The predicted molar refractivity (Wildman–Crippen MR) is 358 cm³/mol. The van der Waals surface area contributed by atoms with Crippen molar-refractivity contribution in [3.8, 4) is 0 Å². The summed E-state index contributed by atoms with van der Waals surface area (Å²) in [6.07, 6.45) is 44.5. The highest BCUT2D eigenvalue weighted by atomic mass is 31.2. The first kappa shape index (κ1) is 87.1. The molecule has 0 aliphatic heterocycles. The van der Waals surface area contributed by atoms with E-state index in [4.69, 9.17) is 37.0 Å². The van der Waals surface area contributed by atoms with E-state index in [2.05, 4.69) is 48.5 Å². The molecule has 0 spiro atoms. The van der Waals surface area contributed by atoms with E-state index in [1.165, 1.54) is 154 Å². The van der Waals surface area contributed by atoms with Crippen molar-refractivity contribution >= 4 is 39.5 Å². The van der Waals surface area contributed by atoms with Gasteiger partial charge in [0.25, 0.3) is 0 Å². The SMILES string of the molecule is CCCCCCCCCCCCCC(=O)OC[C@H](COP(=O)(O)OC[C@@H](O)COP(=O)(O)OC[C@@H](COC(=O)CCCCCCCCCC(C)C)OC(=O)CCCCCCCCCC(C)C)OC(=O)CCCCCCCCCCCCCCCCC(C)CC. The molecule has 0 saturated heterocycles. The van der Waals surface area contributed by atoms with Gasteiger partial charge in [0.2, 0.25) is 0 Å². The summed E-state index contributed by atoms with van der Waals surface area (Å²) in [6, 6.07) is 0. The molecule has 89 heavy (non-hydrogen) atoms. The van der Waals surface area contributed by atoms with Crippen LogP contribution < -0.4 is 0 Å². The number of aliphatic hydroxyl groups is 1. The van der Waals surface area contributed by atoms with Gasteiger partial charge in [-0.1, -0.05) is 299 Å². The molecule has 0 aromatic carbocycles. The van der Waals surface area contributed by atoms with Gasteiger partial charge in [-0.3, -0.25) is 37.3 Å². The lowest BCUT2D eigenvalue weighted by Crippen LogP contribution is -2.30. The first-order chi connectivity index (χ1) is 42.8. The zero-order chi connectivity index (χ0) is 65.9. The first-order valence-electron chi connectivity index (χ1n) is 36.4. The summed E-state index contributed by atoms with van der Waals surface area (Å²) in [6.45, 7) is 11.8. The molecule has 0 rings (SSSR count). The van der Waals surface area contributed by atoms with Gasteiger partial charge >= 0.3 is 39.5 Å². The summed E-state index contributed by atoms with van der Waals surface area (Å²) in [4.78, 5) is 72.5. The van der Waals surface area contributed by atoms with E-state index in [9.17, 15) is 43.2 Å². The molecule has 528 valence electrons. The average Bonchev–Trinajstić information content (AvgIpc) is 3.66. The van der Waals surface area contributed by atoms with Crippen LogP contribution in [0.15, 0.2) is 0 Å². The van der Waals surface area contributed by atoms with Crippen molar-refractivity contribution in [2.75, 3.05) is 39.6 Å². The number of ether oxygens (including phenoxy) is 4. The lowest BCUT2D eigenvalue weighted by Gasteiger charge is -2.21. The maximum absolute atomic E-state index is 13.0. The third kappa shape index (κ3) is 63.2. The molecule has 3 unspecified atom stereocenters. The standard InChI is InChI=1S/C70H136O17P2/c1-8-10-11-12-13-14-19-23-30-37-44-51-67(72)80-57-65(86-69(74)53-46-39-31-24-21-18-16-15-17-20-22-29-36-43-50-63(7)9-2)59-84-88(76,77)82-55-64(71)56-83-89(78,79)85-60-66(87-70(75)54-47-40-33-26-28-35-42-49-62(5)6)58-81-68(73)52-45-38-32-25-27-34-41-48-61(3)4/h61-66,71H,8-60H2,1-7H3,(H,76,77)(H,78,79)/t63?,64-,65-,66-/m1/s1. The Kier molecular flexibility index (Phi) is 59.6. The van der Waals surface area contributed by atoms with E-state index in [-0.39, 0.29) is 25.7 Å². The molecule has 19 heteroatoms. The predicted octanol–water partition coefficient (Wildman–Crippen LogP) is 19.8. The molecule has 3 N–H and O–H groups in total. The highest BCUT2D eigenvalue weighted by Gasteiger charge is 2.30. The van der Waals surface area contributed by atoms with E-state index in [1.807, 2.05) is 0 Å². The number of aliphatic hydroxyl groups excluding tert-OH is 1. The Morgan fingerprint density at radius 1 is 0.326 bits per heavy atom. The number of unbranched alkanes of at least 4 members (excludes halogenated alkanes) is 35. The number of phosphoric acid groups is 2. The molecule has 0 fully saturated rings. The molecule has 6 atom stereocenters. The maximum Gasteiger partial charge on any atom is 0.472 e. The van der Waals surface area contributed by atoms with Crippen LogP contribution in [-0.2, 0) is 65.4 Å². The van der Waals surface area contributed by atoms with Crippen LogP contribution in [0.1, 0.15) is 350 Å². The van der Waals surface area contributed by atoms with Crippen LogP contribution in [0.25, 0.3) is 0 Å². The fraction of sp³-hybridized carbons (Fsp3) is 0.943. The van der Waals surface area contributed by atoms with Gasteiger partial charge in [-0.05, 0) is 43.4 Å². The number of carbonyl (C=O) groups is 4. The molecule has 0 aromatic heterocycles. The van der Waals surface area contributed by atoms with Gasteiger partial charge in [-0.25, -0.2) is 9.13 Å². The molecule has 0 saturated carbocycles. The first-order valence-corrected chi connectivity index (χ1v) is 39.4. The smallest absolute Gasteiger partial charge is 0.462 e. The largest absolute Gasteiger partial charge is 0.472 e. The van der Waals surface area contributed by atoms with Crippen molar-refractivity contribution in [3.05, 3.63) is 0 Å². The van der Waals surface area contributed by atoms with Crippen LogP contribution in [0.5, 0.6) is 0 Å². The van der Waals surface area contributed by atoms with E-state index in [1.54, 1.807) is 0 Å². The second-order valence-corrected chi connectivity index (χ2v) is 29.4. The Morgan fingerprint density at radius 3 is 0.854 bits per heavy atom. The molecule has 0 amide bonds. The second kappa shape index (κ2) is 61.0. The minimum absolute atomic E-state index is 0.102. The number of esters is 4. The minimum Gasteiger partial charge on any atom is -0.462 e. The second-order valence-electron chi connectivity index (χ2n) is 26.5. The molecular formula is C70H136O17P2.